The Morgan fingerprint density at radius 2 is 0.959 bits per heavy atom. The quantitative estimate of drug-likeness (QED) is 0.205. The molecule has 14 rings (SSSR count). The van der Waals surface area contributed by atoms with Crippen LogP contribution in [-0.2, 0) is 6.42 Å². The molecular formula is C43H22B2N2O2. The number of benzene rings is 7. The van der Waals surface area contributed by atoms with Crippen LogP contribution in [0.4, 0.5) is 0 Å². The van der Waals surface area contributed by atoms with Crippen molar-refractivity contribution in [2.24, 2.45) is 0 Å². The highest BCUT2D eigenvalue weighted by Gasteiger charge is 2.46. The number of fused-ring (bicyclic) bond motifs is 12. The minimum Gasteiger partial charge on any atom is -0.458 e. The maximum atomic E-state index is 6.76. The second-order valence-corrected chi connectivity index (χ2v) is 14.3. The van der Waals surface area contributed by atoms with Gasteiger partial charge < -0.3 is 18.6 Å². The molecule has 0 N–H and O–H groups in total. The molecule has 222 valence electrons. The first kappa shape index (κ1) is 24.1. The van der Waals surface area contributed by atoms with Crippen LogP contribution in [-0.4, -0.2) is 22.6 Å². The fourth-order valence-electron chi connectivity index (χ4n) is 10.6. The molecule has 0 radical (unpaired) electrons. The van der Waals surface area contributed by atoms with Crippen LogP contribution in [0.25, 0.3) is 55.0 Å². The van der Waals surface area contributed by atoms with Crippen molar-refractivity contribution in [3.8, 4) is 34.4 Å². The van der Waals surface area contributed by atoms with Crippen molar-refractivity contribution in [2.75, 3.05) is 0 Å². The Balaban J connectivity index is 1.22. The largest absolute Gasteiger partial charge is 0.458 e. The number of ether oxygens (including phenoxy) is 2. The highest BCUT2D eigenvalue weighted by Crippen LogP contribution is 2.45. The second kappa shape index (κ2) is 7.77. The van der Waals surface area contributed by atoms with E-state index in [-0.39, 0.29) is 13.4 Å². The van der Waals surface area contributed by atoms with Gasteiger partial charge in [-0.05, 0) is 92.8 Å². The van der Waals surface area contributed by atoms with Crippen LogP contribution in [0.1, 0.15) is 11.1 Å². The summed E-state index contributed by atoms with van der Waals surface area (Å²) in [6.45, 7) is 0.276. The Morgan fingerprint density at radius 3 is 1.84 bits per heavy atom. The van der Waals surface area contributed by atoms with E-state index in [0.29, 0.717) is 0 Å². The summed E-state index contributed by atoms with van der Waals surface area (Å²) < 4.78 is 18.6. The molecule has 0 atom stereocenters. The molecule has 49 heavy (non-hydrogen) atoms. The zero-order chi connectivity index (χ0) is 31.3. The molecule has 0 aliphatic carbocycles. The molecule has 0 spiro atoms. The molecule has 9 aromatic rings. The van der Waals surface area contributed by atoms with E-state index in [0.717, 1.165) is 29.4 Å². The predicted octanol–water partition coefficient (Wildman–Crippen LogP) is 5.66. The average Bonchev–Trinajstić information content (AvgIpc) is 3.67. The van der Waals surface area contributed by atoms with Gasteiger partial charge in [-0.3, -0.25) is 0 Å². The summed E-state index contributed by atoms with van der Waals surface area (Å²) in [6.07, 6.45) is 0.921. The third kappa shape index (κ3) is 2.51. The van der Waals surface area contributed by atoms with E-state index in [4.69, 9.17) is 9.47 Å². The molecule has 5 aliphatic rings. The lowest BCUT2D eigenvalue weighted by Gasteiger charge is -2.38. The zero-order valence-electron chi connectivity index (χ0n) is 26.1. The van der Waals surface area contributed by atoms with Crippen LogP contribution in [0, 0.1) is 0 Å². The fraction of sp³-hybridized carbons (Fsp3) is 0.0233. The summed E-state index contributed by atoms with van der Waals surface area (Å²) >= 11 is 0. The highest BCUT2D eigenvalue weighted by molar-refractivity contribution is 7.00. The van der Waals surface area contributed by atoms with Gasteiger partial charge in [-0.2, -0.15) is 0 Å². The van der Waals surface area contributed by atoms with Crippen LogP contribution in [0.3, 0.4) is 0 Å². The summed E-state index contributed by atoms with van der Waals surface area (Å²) in [7, 11) is 0. The van der Waals surface area contributed by atoms with Crippen molar-refractivity contribution < 1.29 is 9.47 Å². The van der Waals surface area contributed by atoms with Crippen LogP contribution in [0.5, 0.6) is 23.0 Å². The van der Waals surface area contributed by atoms with Crippen molar-refractivity contribution in [3.05, 3.63) is 132 Å². The molecule has 0 saturated carbocycles. The van der Waals surface area contributed by atoms with Gasteiger partial charge in [0.05, 0.1) is 16.6 Å². The molecular weight excluding hydrogens is 598 g/mol. The number of aromatic nitrogens is 2. The second-order valence-electron chi connectivity index (χ2n) is 14.3. The van der Waals surface area contributed by atoms with Gasteiger partial charge in [-0.1, -0.05) is 78.9 Å². The Labute approximate surface area is 280 Å². The molecule has 6 heteroatoms. The van der Waals surface area contributed by atoms with Gasteiger partial charge in [0.25, 0.3) is 13.4 Å². The molecule has 2 aromatic heterocycles. The molecule has 0 saturated heterocycles. The lowest BCUT2D eigenvalue weighted by molar-refractivity contribution is 0.487. The van der Waals surface area contributed by atoms with E-state index in [1.54, 1.807) is 0 Å². The standard InChI is InChI=1S/C43H22B2N2O2/c1-2-14-32-28(10-1)44-29-11-5-9-24-26-17-18-27-25-19-20-35-39-41(25)47(43(27)42(26)46(40(24)29)31-13-6-16-34(48-32)38(31)44)30-12-3-7-22-21-23-8-4-15-33(49-35)37(23)45(39)36(22)30/h1-20H,21H2. The molecule has 0 fully saturated rings. The van der Waals surface area contributed by atoms with Crippen LogP contribution < -0.4 is 42.3 Å². The van der Waals surface area contributed by atoms with Gasteiger partial charge in [-0.25, -0.2) is 0 Å². The van der Waals surface area contributed by atoms with Crippen LogP contribution in [0.15, 0.2) is 121 Å². The predicted molar refractivity (Wildman–Crippen MR) is 200 cm³/mol. The molecule has 4 nitrogen and oxygen atoms in total. The molecule has 7 aromatic carbocycles. The van der Waals surface area contributed by atoms with Gasteiger partial charge in [0.2, 0.25) is 0 Å². The lowest BCUT2D eigenvalue weighted by Crippen LogP contribution is -2.62. The van der Waals surface area contributed by atoms with Crippen LogP contribution >= 0.6 is 0 Å². The monoisotopic (exact) mass is 620 g/mol. The summed E-state index contributed by atoms with van der Waals surface area (Å²) in [5, 5.41) is 5.12. The summed E-state index contributed by atoms with van der Waals surface area (Å²) in [6, 6.07) is 44.8. The van der Waals surface area contributed by atoms with Gasteiger partial charge in [0, 0.05) is 38.4 Å². The SMILES string of the molecule is c1ccc2c(c1)Oc1cccc3c1B2c1cccc2c4ccc5c6ccc7c8c6n(c5c4n-3c12)-c1cccc2c1B8c1c(cccc1O7)C2. The van der Waals surface area contributed by atoms with Crippen molar-refractivity contribution in [2.45, 2.75) is 6.42 Å². The van der Waals surface area contributed by atoms with Crippen molar-refractivity contribution in [1.82, 2.24) is 9.13 Å². The normalized spacial score (nSPS) is 14.7. The maximum Gasteiger partial charge on any atom is 0.257 e. The highest BCUT2D eigenvalue weighted by atomic mass is 16.5. The molecule has 5 aliphatic heterocycles. The first-order chi connectivity index (χ1) is 24.3. The third-order valence-corrected chi connectivity index (χ3v) is 12.2. The lowest BCUT2D eigenvalue weighted by atomic mass is 9.31. The number of hydrogen-bond acceptors (Lipinski definition) is 2. The van der Waals surface area contributed by atoms with E-state index in [1.807, 2.05) is 0 Å². The smallest absolute Gasteiger partial charge is 0.257 e. The maximum absolute atomic E-state index is 6.76. The average molecular weight is 620 g/mol. The van der Waals surface area contributed by atoms with Gasteiger partial charge in [0.15, 0.2) is 0 Å². The van der Waals surface area contributed by atoms with Gasteiger partial charge >= 0.3 is 0 Å². The molecule has 7 heterocycles. The summed E-state index contributed by atoms with van der Waals surface area (Å²) in [5.74, 6) is 3.87. The van der Waals surface area contributed by atoms with Gasteiger partial charge in [-0.15, -0.1) is 0 Å². The Morgan fingerprint density at radius 1 is 0.388 bits per heavy atom. The van der Waals surface area contributed by atoms with E-state index < -0.39 is 0 Å². The first-order valence-corrected chi connectivity index (χ1v) is 17.2. The Kier molecular flexibility index (Phi) is 3.82. The topological polar surface area (TPSA) is 28.3 Å². The third-order valence-electron chi connectivity index (χ3n) is 12.2. The Hall–Kier alpha value is -6.13. The molecule has 0 amide bonds. The van der Waals surface area contributed by atoms with E-state index >= 15 is 0 Å². The van der Waals surface area contributed by atoms with E-state index in [9.17, 15) is 0 Å². The van der Waals surface area contributed by atoms with Crippen LogP contribution in [0.2, 0.25) is 0 Å². The minimum atomic E-state index is 0.109. The summed E-state index contributed by atoms with van der Waals surface area (Å²) in [5.41, 5.74) is 18.3. The number of nitrogens with zero attached hydrogens (tertiary/aromatic N) is 2. The van der Waals surface area contributed by atoms with Crippen molar-refractivity contribution in [3.63, 3.8) is 0 Å². The van der Waals surface area contributed by atoms with E-state index in [1.165, 1.54) is 98.9 Å². The molecule has 0 bridgehead atoms. The summed E-state index contributed by atoms with van der Waals surface area (Å²) in [4.78, 5) is 0. The minimum absolute atomic E-state index is 0.109. The number of hydrogen-bond donors (Lipinski definition) is 0. The first-order valence-electron chi connectivity index (χ1n) is 17.2. The van der Waals surface area contributed by atoms with Crippen molar-refractivity contribution >= 4 is 89.8 Å². The number of para-hydroxylation sites is 2. The molecule has 0 unspecified atom stereocenters. The van der Waals surface area contributed by atoms with Crippen molar-refractivity contribution in [1.29, 1.82) is 0 Å². The Bertz CT molecular complexity index is 3100. The van der Waals surface area contributed by atoms with Gasteiger partial charge in [0.1, 0.15) is 23.0 Å². The van der Waals surface area contributed by atoms with E-state index in [2.05, 4.69) is 130 Å². The zero-order valence-corrected chi connectivity index (χ0v) is 26.1. The number of rotatable bonds is 0. The fourth-order valence-corrected chi connectivity index (χ4v) is 10.6.